The summed E-state index contributed by atoms with van der Waals surface area (Å²) in [7, 11) is -1.09. The first-order valence-corrected chi connectivity index (χ1v) is 12.3. The molecule has 0 spiro atoms. The molecule has 5 rings (SSSR count). The van der Waals surface area contributed by atoms with E-state index in [2.05, 4.69) is 33.2 Å². The van der Waals surface area contributed by atoms with Crippen LogP contribution < -0.4 is 4.72 Å². The summed E-state index contributed by atoms with van der Waals surface area (Å²) in [6.07, 6.45) is 2.89. The molecule has 0 saturated carbocycles. The maximum atomic E-state index is 12.0. The van der Waals surface area contributed by atoms with E-state index in [1.165, 1.54) is 17.0 Å². The number of fused-ring (bicyclic) bond motifs is 3. The SMILES string of the molecule is CCCS(=O)(=O)NC[C@H]1C[C@H]2CCN1C[C@@H]2c1cc(-c2cccs2)nn1C. The number of aromatic nitrogens is 2. The van der Waals surface area contributed by atoms with E-state index in [0.29, 0.717) is 30.8 Å². The Balaban J connectivity index is 1.45. The largest absolute Gasteiger partial charge is 0.298 e. The summed E-state index contributed by atoms with van der Waals surface area (Å²) in [5.41, 5.74) is 2.36. The Morgan fingerprint density at radius 2 is 2.26 bits per heavy atom. The molecule has 2 aromatic rings. The Hall–Kier alpha value is -1.22. The topological polar surface area (TPSA) is 67.2 Å². The standard InChI is InChI=1S/C19H28N4O2S2/c1-3-9-27(24,25)20-12-15-10-14-6-7-23(15)13-16(14)18-11-17(21-22(18)2)19-5-4-8-26-19/h4-5,8,11,14-16,20H,3,6-7,9-10,12-13H2,1-2H3/t14-,15-,16+/m1/s1. The molecule has 2 bridgehead atoms. The average molecular weight is 409 g/mol. The molecule has 5 heterocycles. The van der Waals surface area contributed by atoms with Crippen LogP contribution in [0, 0.1) is 5.92 Å². The van der Waals surface area contributed by atoms with Gasteiger partial charge >= 0.3 is 0 Å². The second kappa shape index (κ2) is 7.66. The molecule has 3 aliphatic heterocycles. The van der Waals surface area contributed by atoms with E-state index >= 15 is 0 Å². The summed E-state index contributed by atoms with van der Waals surface area (Å²) in [5.74, 6) is 1.29. The van der Waals surface area contributed by atoms with Crippen LogP contribution in [-0.2, 0) is 17.1 Å². The predicted octanol–water partition coefficient (Wildman–Crippen LogP) is 2.66. The molecule has 148 valence electrons. The third kappa shape index (κ3) is 3.99. The van der Waals surface area contributed by atoms with Crippen molar-refractivity contribution in [1.82, 2.24) is 19.4 Å². The summed E-state index contributed by atoms with van der Waals surface area (Å²) in [6.45, 7) is 4.50. The highest BCUT2D eigenvalue weighted by atomic mass is 32.2. The first-order chi connectivity index (χ1) is 13.0. The van der Waals surface area contributed by atoms with Gasteiger partial charge in [0, 0.05) is 37.8 Å². The highest BCUT2D eigenvalue weighted by molar-refractivity contribution is 7.89. The Bertz CT molecular complexity index is 876. The molecule has 0 radical (unpaired) electrons. The highest BCUT2D eigenvalue weighted by Crippen LogP contribution is 2.42. The Kier molecular flexibility index (Phi) is 5.42. The van der Waals surface area contributed by atoms with Crippen molar-refractivity contribution in [3.05, 3.63) is 29.3 Å². The van der Waals surface area contributed by atoms with Crippen LogP contribution in [0.25, 0.3) is 10.6 Å². The summed E-state index contributed by atoms with van der Waals surface area (Å²) >= 11 is 1.72. The number of aryl methyl sites for hydroxylation is 1. The summed E-state index contributed by atoms with van der Waals surface area (Å²) in [5, 5.41) is 6.82. The lowest BCUT2D eigenvalue weighted by Crippen LogP contribution is -2.56. The van der Waals surface area contributed by atoms with Gasteiger partial charge in [0.1, 0.15) is 5.69 Å². The fourth-order valence-electron chi connectivity index (χ4n) is 4.62. The van der Waals surface area contributed by atoms with Crippen molar-refractivity contribution in [2.75, 3.05) is 25.4 Å². The zero-order valence-electron chi connectivity index (χ0n) is 16.0. The van der Waals surface area contributed by atoms with Gasteiger partial charge in [-0.05, 0) is 49.2 Å². The van der Waals surface area contributed by atoms with E-state index in [-0.39, 0.29) is 5.75 Å². The van der Waals surface area contributed by atoms with E-state index < -0.39 is 10.0 Å². The van der Waals surface area contributed by atoms with Gasteiger partial charge in [-0.15, -0.1) is 11.3 Å². The fraction of sp³-hybridized carbons (Fsp3) is 0.632. The summed E-state index contributed by atoms with van der Waals surface area (Å²) < 4.78 is 28.8. The maximum absolute atomic E-state index is 12.0. The van der Waals surface area contributed by atoms with Gasteiger partial charge in [-0.1, -0.05) is 13.0 Å². The normalized spacial score (nSPS) is 27.9. The van der Waals surface area contributed by atoms with E-state index in [1.807, 2.05) is 18.7 Å². The Morgan fingerprint density at radius 1 is 1.41 bits per heavy atom. The lowest BCUT2D eigenvalue weighted by Gasteiger charge is -2.49. The minimum absolute atomic E-state index is 0.215. The molecule has 0 aromatic carbocycles. The molecule has 1 unspecified atom stereocenters. The van der Waals surface area contributed by atoms with Crippen LogP contribution in [0.1, 0.15) is 37.8 Å². The van der Waals surface area contributed by atoms with Crippen molar-refractivity contribution in [3.8, 4) is 10.6 Å². The fourth-order valence-corrected chi connectivity index (χ4v) is 6.43. The number of sulfonamides is 1. The second-order valence-corrected chi connectivity index (χ2v) is 10.6. The lowest BCUT2D eigenvalue weighted by atomic mass is 9.74. The number of hydrogen-bond donors (Lipinski definition) is 1. The molecular weight excluding hydrogens is 380 g/mol. The van der Waals surface area contributed by atoms with E-state index in [0.717, 1.165) is 25.2 Å². The molecule has 4 atom stereocenters. The van der Waals surface area contributed by atoms with Crippen LogP contribution in [0.15, 0.2) is 23.6 Å². The molecule has 0 aliphatic carbocycles. The molecule has 3 saturated heterocycles. The van der Waals surface area contributed by atoms with Crippen LogP contribution in [0.4, 0.5) is 0 Å². The Labute approximate surface area is 165 Å². The monoisotopic (exact) mass is 408 g/mol. The summed E-state index contributed by atoms with van der Waals surface area (Å²) in [6, 6.07) is 6.74. The van der Waals surface area contributed by atoms with E-state index in [4.69, 9.17) is 5.10 Å². The van der Waals surface area contributed by atoms with E-state index in [1.54, 1.807) is 11.3 Å². The van der Waals surface area contributed by atoms with Crippen LogP contribution in [0.5, 0.6) is 0 Å². The maximum Gasteiger partial charge on any atom is 0.211 e. The molecule has 3 fully saturated rings. The molecule has 8 heteroatoms. The number of rotatable bonds is 7. The van der Waals surface area contributed by atoms with Crippen molar-refractivity contribution < 1.29 is 8.42 Å². The van der Waals surface area contributed by atoms with Crippen LogP contribution in [0.3, 0.4) is 0 Å². The molecule has 2 aromatic heterocycles. The van der Waals surface area contributed by atoms with Gasteiger partial charge in [0.05, 0.1) is 10.6 Å². The first kappa shape index (κ1) is 19.1. The minimum atomic E-state index is -3.13. The van der Waals surface area contributed by atoms with Gasteiger partial charge in [0.25, 0.3) is 0 Å². The van der Waals surface area contributed by atoms with Crippen LogP contribution in [-0.4, -0.2) is 54.5 Å². The molecule has 1 N–H and O–H groups in total. The summed E-state index contributed by atoms with van der Waals surface area (Å²) in [4.78, 5) is 3.68. The number of nitrogens with zero attached hydrogens (tertiary/aromatic N) is 3. The average Bonchev–Trinajstić information content (AvgIpc) is 3.30. The molecule has 0 amide bonds. The molecule has 27 heavy (non-hydrogen) atoms. The smallest absolute Gasteiger partial charge is 0.211 e. The van der Waals surface area contributed by atoms with Crippen LogP contribution >= 0.6 is 11.3 Å². The first-order valence-electron chi connectivity index (χ1n) is 9.76. The van der Waals surface area contributed by atoms with Crippen molar-refractivity contribution in [3.63, 3.8) is 0 Å². The molecule has 3 aliphatic rings. The highest BCUT2D eigenvalue weighted by Gasteiger charge is 2.42. The van der Waals surface area contributed by atoms with Gasteiger partial charge in [0.15, 0.2) is 0 Å². The molecule has 6 nitrogen and oxygen atoms in total. The second-order valence-electron chi connectivity index (χ2n) is 7.76. The minimum Gasteiger partial charge on any atom is -0.298 e. The zero-order chi connectivity index (χ0) is 19.0. The van der Waals surface area contributed by atoms with Crippen molar-refractivity contribution in [2.45, 2.75) is 38.1 Å². The van der Waals surface area contributed by atoms with E-state index in [9.17, 15) is 8.42 Å². The van der Waals surface area contributed by atoms with Gasteiger partial charge < -0.3 is 0 Å². The van der Waals surface area contributed by atoms with Gasteiger partial charge in [-0.25, -0.2) is 13.1 Å². The Morgan fingerprint density at radius 3 is 2.93 bits per heavy atom. The van der Waals surface area contributed by atoms with Crippen molar-refractivity contribution >= 4 is 21.4 Å². The van der Waals surface area contributed by atoms with Gasteiger partial charge in [0.2, 0.25) is 10.0 Å². The van der Waals surface area contributed by atoms with Crippen LogP contribution in [0.2, 0.25) is 0 Å². The number of nitrogens with one attached hydrogen (secondary N) is 1. The lowest BCUT2D eigenvalue weighted by molar-refractivity contribution is 0.0306. The zero-order valence-corrected chi connectivity index (χ0v) is 17.6. The predicted molar refractivity (Wildman–Crippen MR) is 109 cm³/mol. The van der Waals surface area contributed by atoms with Gasteiger partial charge in [-0.3, -0.25) is 9.58 Å². The third-order valence-corrected chi connectivity index (χ3v) is 8.40. The third-order valence-electron chi connectivity index (χ3n) is 5.96. The number of hydrogen-bond acceptors (Lipinski definition) is 5. The molecular formula is C19H28N4O2S2. The quantitative estimate of drug-likeness (QED) is 0.765. The number of thiophene rings is 1. The number of piperidine rings is 3. The van der Waals surface area contributed by atoms with Crippen molar-refractivity contribution in [2.24, 2.45) is 13.0 Å². The van der Waals surface area contributed by atoms with Crippen molar-refractivity contribution in [1.29, 1.82) is 0 Å². The van der Waals surface area contributed by atoms with Gasteiger partial charge in [-0.2, -0.15) is 5.10 Å².